The molecule has 1 saturated heterocycles. The molecule has 1 heterocycles. The van der Waals surface area contributed by atoms with Gasteiger partial charge in [-0.25, -0.2) is 9.59 Å². The molecule has 3 aliphatic carbocycles. The second-order valence-corrected chi connectivity index (χ2v) is 14.9. The molecule has 4 aliphatic rings. The van der Waals surface area contributed by atoms with E-state index < -0.39 is 101 Å². The summed E-state index contributed by atoms with van der Waals surface area (Å²) in [6.45, 7) is 6.88. The summed E-state index contributed by atoms with van der Waals surface area (Å²) in [5.41, 5.74) is -7.11. The van der Waals surface area contributed by atoms with E-state index in [0.717, 1.165) is 6.92 Å². The van der Waals surface area contributed by atoms with Crippen LogP contribution in [-0.4, -0.2) is 104 Å². The highest BCUT2D eigenvalue weighted by Gasteiger charge is 2.78. The first-order chi connectivity index (χ1) is 23.9. The van der Waals surface area contributed by atoms with Crippen LogP contribution in [0.4, 0.5) is 0 Å². The maximum atomic E-state index is 14.8. The molecule has 2 aromatic carbocycles. The van der Waals surface area contributed by atoms with E-state index in [9.17, 15) is 44.7 Å². The topological polar surface area (TPSA) is 206 Å². The molecule has 0 amide bonds. The molecular weight excluding hydrogens is 664 g/mol. The zero-order valence-corrected chi connectivity index (χ0v) is 29.0. The Kier molecular flexibility index (Phi) is 9.31. The minimum atomic E-state index is -2.31. The Labute approximate surface area is 294 Å². The van der Waals surface area contributed by atoms with Crippen molar-refractivity contribution in [2.75, 3.05) is 6.61 Å². The van der Waals surface area contributed by atoms with Crippen LogP contribution in [0.25, 0.3) is 0 Å². The summed E-state index contributed by atoms with van der Waals surface area (Å²) in [6.07, 6.45) is -12.0. The van der Waals surface area contributed by atoms with Crippen LogP contribution >= 0.6 is 0 Å². The zero-order valence-electron chi connectivity index (χ0n) is 29.0. The molecule has 11 atom stereocenters. The van der Waals surface area contributed by atoms with E-state index >= 15 is 0 Å². The highest BCUT2D eigenvalue weighted by atomic mass is 16.6. The first kappa shape index (κ1) is 36.8. The minimum Gasteiger partial charge on any atom is -0.456 e. The summed E-state index contributed by atoms with van der Waals surface area (Å²) in [4.78, 5) is 54.9. The molecule has 0 aromatic heterocycles. The molecule has 0 unspecified atom stereocenters. The number of rotatable bonds is 7. The third-order valence-corrected chi connectivity index (χ3v) is 11.9. The molecule has 2 saturated carbocycles. The third-order valence-electron chi connectivity index (χ3n) is 11.9. The van der Waals surface area contributed by atoms with E-state index in [1.807, 2.05) is 0 Å². The maximum absolute atomic E-state index is 14.8. The van der Waals surface area contributed by atoms with Crippen LogP contribution in [0.2, 0.25) is 0 Å². The number of fused-ring (bicyclic) bond motifs is 5. The standard InChI is InChI=1S/C38H44O13/c1-19-23(49-34(46)29(43)27(41)21-12-8-6-9-13-21)17-38(47)32(50-33(45)22-14-10-7-11-15-22)30-36(5,31(44)28(42)26(19)35(38,3)4)24(40)16-25-37(30,18-48-25)51-20(2)39/h6-15,23-25,27-30,32,40-43,47H,16-18H2,1-5H3/t23-,24-,25+,27-,28+,29-,30-,32-,36+,37-,38-/m0/s1. The smallest absolute Gasteiger partial charge is 0.338 e. The van der Waals surface area contributed by atoms with Gasteiger partial charge in [-0.1, -0.05) is 62.4 Å². The van der Waals surface area contributed by atoms with Crippen LogP contribution in [0.5, 0.6) is 0 Å². The van der Waals surface area contributed by atoms with E-state index in [2.05, 4.69) is 0 Å². The van der Waals surface area contributed by atoms with Gasteiger partial charge >= 0.3 is 17.9 Å². The van der Waals surface area contributed by atoms with Crippen molar-refractivity contribution in [1.82, 2.24) is 0 Å². The Balaban J connectivity index is 1.53. The highest BCUT2D eigenvalue weighted by molar-refractivity contribution is 5.94. The van der Waals surface area contributed by atoms with Gasteiger partial charge in [0.1, 0.15) is 36.1 Å². The number of benzene rings is 2. The number of esters is 3. The lowest BCUT2D eigenvalue weighted by molar-refractivity contribution is -0.346. The summed E-state index contributed by atoms with van der Waals surface area (Å²) in [5, 5.41) is 58.6. The van der Waals surface area contributed by atoms with Gasteiger partial charge in [0.05, 0.1) is 29.6 Å². The molecule has 51 heavy (non-hydrogen) atoms. The number of aliphatic hydroxyl groups excluding tert-OH is 4. The fourth-order valence-electron chi connectivity index (χ4n) is 8.95. The van der Waals surface area contributed by atoms with Gasteiger partial charge < -0.3 is 44.5 Å². The predicted molar refractivity (Wildman–Crippen MR) is 176 cm³/mol. The third kappa shape index (κ3) is 5.53. The number of ether oxygens (including phenoxy) is 4. The average Bonchev–Trinajstić information content (AvgIpc) is 3.09. The van der Waals surface area contributed by atoms with E-state index in [0.29, 0.717) is 0 Å². The van der Waals surface area contributed by atoms with Gasteiger partial charge in [0.25, 0.3) is 0 Å². The summed E-state index contributed by atoms with van der Waals surface area (Å²) in [5.74, 6) is -5.30. The normalized spacial score (nSPS) is 36.5. The number of aliphatic hydroxyl groups is 5. The van der Waals surface area contributed by atoms with Gasteiger partial charge in [0.2, 0.25) is 0 Å². The van der Waals surface area contributed by atoms with Crippen LogP contribution in [-0.2, 0) is 33.3 Å². The van der Waals surface area contributed by atoms with Crippen LogP contribution in [0.3, 0.4) is 0 Å². The van der Waals surface area contributed by atoms with Crippen LogP contribution in [0, 0.1) is 16.7 Å². The molecule has 13 heteroatoms. The minimum absolute atomic E-state index is 0.0432. The van der Waals surface area contributed by atoms with Crippen molar-refractivity contribution in [2.24, 2.45) is 16.7 Å². The molecule has 13 nitrogen and oxygen atoms in total. The fourth-order valence-corrected chi connectivity index (χ4v) is 8.95. The Bertz CT molecular complexity index is 1740. The average molecular weight is 709 g/mol. The van der Waals surface area contributed by atoms with Crippen molar-refractivity contribution in [3.05, 3.63) is 82.9 Å². The van der Waals surface area contributed by atoms with Crippen molar-refractivity contribution in [2.45, 2.75) is 101 Å². The number of carbonyl (C=O) groups is 4. The lowest BCUT2D eigenvalue weighted by atomic mass is 9.44. The van der Waals surface area contributed by atoms with E-state index in [-0.39, 0.29) is 35.3 Å². The number of carbonyl (C=O) groups excluding carboxylic acids is 4. The summed E-state index contributed by atoms with van der Waals surface area (Å²) in [6, 6.07) is 15.8. The lowest BCUT2D eigenvalue weighted by Gasteiger charge is -2.67. The Hall–Kier alpha value is -3.98. The molecule has 2 aromatic rings. The fraction of sp³-hybridized carbons (Fsp3) is 0.526. The number of hydrogen-bond donors (Lipinski definition) is 5. The molecule has 5 N–H and O–H groups in total. The molecule has 6 rings (SSSR count). The molecule has 0 radical (unpaired) electrons. The molecule has 274 valence electrons. The molecule has 2 bridgehead atoms. The van der Waals surface area contributed by atoms with Crippen molar-refractivity contribution in [3.8, 4) is 0 Å². The van der Waals surface area contributed by atoms with Gasteiger partial charge in [-0.3, -0.25) is 9.59 Å². The summed E-state index contributed by atoms with van der Waals surface area (Å²) < 4.78 is 23.8. The van der Waals surface area contributed by atoms with Gasteiger partial charge in [-0.05, 0) is 42.7 Å². The zero-order chi connectivity index (χ0) is 37.3. The van der Waals surface area contributed by atoms with Crippen molar-refractivity contribution in [1.29, 1.82) is 0 Å². The maximum Gasteiger partial charge on any atom is 0.338 e. The second-order valence-electron chi connectivity index (χ2n) is 14.9. The van der Waals surface area contributed by atoms with E-state index in [1.165, 1.54) is 38.1 Å². The number of ketones is 1. The van der Waals surface area contributed by atoms with E-state index in [1.54, 1.807) is 50.2 Å². The van der Waals surface area contributed by atoms with Gasteiger partial charge in [-0.15, -0.1) is 0 Å². The number of hydrogen-bond acceptors (Lipinski definition) is 13. The Morgan fingerprint density at radius 2 is 1.55 bits per heavy atom. The second kappa shape index (κ2) is 12.9. The van der Waals surface area contributed by atoms with Crippen LogP contribution in [0.15, 0.2) is 71.8 Å². The van der Waals surface area contributed by atoms with Gasteiger partial charge in [0, 0.05) is 25.2 Å². The SMILES string of the molecule is CC(=O)O[C@@]12CO[C@@H]1C[C@H](O)[C@@]1(C)C(=O)[C@H](O)C3=C(C)[C@@H](OC(=O)[C@@H](O)[C@@H](O)c4ccccc4)C[C@](O)([C@@H](OC(=O)c4ccccc4)[C@H]21)C3(C)C. The van der Waals surface area contributed by atoms with E-state index in [4.69, 9.17) is 18.9 Å². The van der Waals surface area contributed by atoms with Gasteiger partial charge in [0.15, 0.2) is 17.5 Å². The first-order valence-electron chi connectivity index (χ1n) is 16.9. The molecule has 0 spiro atoms. The largest absolute Gasteiger partial charge is 0.456 e. The van der Waals surface area contributed by atoms with Crippen molar-refractivity contribution < 1.29 is 63.7 Å². The number of Topliss-reactive ketones (excluding diaryl/α,β-unsaturated/α-hetero) is 1. The molecule has 1 aliphatic heterocycles. The Morgan fingerprint density at radius 1 is 0.941 bits per heavy atom. The monoisotopic (exact) mass is 708 g/mol. The van der Waals surface area contributed by atoms with Crippen LogP contribution < -0.4 is 0 Å². The van der Waals surface area contributed by atoms with Crippen molar-refractivity contribution >= 4 is 23.7 Å². The molecular formula is C38H44O13. The quantitative estimate of drug-likeness (QED) is 0.158. The Morgan fingerprint density at radius 3 is 2.12 bits per heavy atom. The summed E-state index contributed by atoms with van der Waals surface area (Å²) in [7, 11) is 0. The lowest BCUT2D eigenvalue weighted by Crippen LogP contribution is -2.81. The first-order valence-corrected chi connectivity index (χ1v) is 16.9. The predicted octanol–water partition coefficient (Wildman–Crippen LogP) is 1.73. The van der Waals surface area contributed by atoms with Crippen LogP contribution in [0.1, 0.15) is 69.5 Å². The highest BCUT2D eigenvalue weighted by Crippen LogP contribution is 2.64. The van der Waals surface area contributed by atoms with Gasteiger partial charge in [-0.2, -0.15) is 0 Å². The summed E-state index contributed by atoms with van der Waals surface area (Å²) >= 11 is 0. The molecule has 3 fully saturated rings. The van der Waals surface area contributed by atoms with Crippen molar-refractivity contribution in [3.63, 3.8) is 0 Å².